The van der Waals surface area contributed by atoms with Crippen molar-refractivity contribution in [2.24, 2.45) is 5.92 Å². The van der Waals surface area contributed by atoms with Crippen LogP contribution in [0.4, 0.5) is 0 Å². The Morgan fingerprint density at radius 2 is 2.47 bits per heavy atom. The van der Waals surface area contributed by atoms with E-state index in [1.165, 1.54) is 12.4 Å². The molecule has 0 fully saturated rings. The van der Waals surface area contributed by atoms with Crippen LogP contribution in [0.15, 0.2) is 12.4 Å². The molecule has 0 saturated carbocycles. The normalized spacial score (nSPS) is 11.5. The van der Waals surface area contributed by atoms with Crippen molar-refractivity contribution < 1.29 is 14.3 Å². The molecule has 15 heavy (non-hydrogen) atoms. The molecule has 0 aliphatic carbocycles. The maximum Gasteiger partial charge on any atom is 0.331 e. The number of carbonyl (C=O) groups excluding carboxylic acids is 2. The number of rotatable bonds is 4. The number of hydrogen-bond donors (Lipinski definition) is 1. The van der Waals surface area contributed by atoms with Crippen LogP contribution in [0.5, 0.6) is 0 Å². The summed E-state index contributed by atoms with van der Waals surface area (Å²) < 4.78 is 4.60. The fourth-order valence-electron chi connectivity index (χ4n) is 0.996. The van der Waals surface area contributed by atoms with Crippen molar-refractivity contribution >= 4 is 11.8 Å². The molecular formula is C9H9N3O3. The zero-order valence-corrected chi connectivity index (χ0v) is 8.06. The van der Waals surface area contributed by atoms with Crippen LogP contribution in [0, 0.1) is 17.2 Å². The van der Waals surface area contributed by atoms with Crippen LogP contribution in [0.1, 0.15) is 17.3 Å². The van der Waals surface area contributed by atoms with Crippen LogP contribution < -0.4 is 0 Å². The van der Waals surface area contributed by atoms with E-state index in [2.05, 4.69) is 14.9 Å². The molecule has 1 heterocycles. The van der Waals surface area contributed by atoms with Crippen molar-refractivity contribution in [3.63, 3.8) is 0 Å². The molecule has 0 spiro atoms. The Morgan fingerprint density at radius 3 is 2.93 bits per heavy atom. The average molecular weight is 207 g/mol. The lowest BCUT2D eigenvalue weighted by Gasteiger charge is -2.05. The summed E-state index contributed by atoms with van der Waals surface area (Å²) in [6.45, 7) is 1.74. The van der Waals surface area contributed by atoms with Crippen LogP contribution in [-0.4, -0.2) is 28.6 Å². The minimum absolute atomic E-state index is 0.135. The molecule has 1 unspecified atom stereocenters. The first-order valence-corrected chi connectivity index (χ1v) is 4.30. The van der Waals surface area contributed by atoms with Gasteiger partial charge in [0.1, 0.15) is 0 Å². The van der Waals surface area contributed by atoms with E-state index in [0.717, 1.165) is 0 Å². The Bertz CT molecular complexity index is 391. The Kier molecular flexibility index (Phi) is 3.57. The number of nitrogens with one attached hydrogen (secondary N) is 1. The number of ketones is 1. The maximum absolute atomic E-state index is 11.6. The SMILES string of the molecule is CCOC(=O)C(C#N)C(=O)c1cn[nH]c1. The molecule has 0 bridgehead atoms. The molecule has 1 aromatic rings. The van der Waals surface area contributed by atoms with Crippen molar-refractivity contribution in [3.05, 3.63) is 18.0 Å². The standard InChI is InChI=1S/C9H9N3O3/c1-2-15-9(14)7(3-10)8(13)6-4-11-12-5-6/h4-5,7H,2H2,1H3,(H,11,12). The lowest BCUT2D eigenvalue weighted by Crippen LogP contribution is -2.24. The second kappa shape index (κ2) is 4.91. The van der Waals surface area contributed by atoms with Gasteiger partial charge in [0.2, 0.25) is 5.92 Å². The minimum Gasteiger partial charge on any atom is -0.465 e. The van der Waals surface area contributed by atoms with Crippen LogP contribution in [-0.2, 0) is 9.53 Å². The predicted octanol–water partition coefficient (Wildman–Crippen LogP) is 0.295. The van der Waals surface area contributed by atoms with Crippen molar-refractivity contribution in [2.45, 2.75) is 6.92 Å². The molecule has 1 N–H and O–H groups in total. The van der Waals surface area contributed by atoms with E-state index in [1.54, 1.807) is 13.0 Å². The summed E-state index contributed by atoms with van der Waals surface area (Å²) in [6.07, 6.45) is 2.58. The quantitative estimate of drug-likeness (QED) is 0.435. The number of aromatic amines is 1. The highest BCUT2D eigenvalue weighted by Crippen LogP contribution is 2.08. The zero-order chi connectivity index (χ0) is 11.3. The van der Waals surface area contributed by atoms with E-state index in [4.69, 9.17) is 5.26 Å². The first-order chi connectivity index (χ1) is 7.20. The summed E-state index contributed by atoms with van der Waals surface area (Å²) in [5.41, 5.74) is 0.189. The number of hydrogen-bond acceptors (Lipinski definition) is 5. The van der Waals surface area contributed by atoms with E-state index < -0.39 is 17.7 Å². The van der Waals surface area contributed by atoms with Crippen molar-refractivity contribution in [3.8, 4) is 6.07 Å². The number of nitrogens with zero attached hydrogens (tertiary/aromatic N) is 2. The van der Waals surface area contributed by atoms with Gasteiger partial charge in [-0.3, -0.25) is 14.7 Å². The molecule has 0 amide bonds. The van der Waals surface area contributed by atoms with Crippen LogP contribution >= 0.6 is 0 Å². The van der Waals surface area contributed by atoms with Gasteiger partial charge < -0.3 is 4.74 Å². The van der Waals surface area contributed by atoms with Gasteiger partial charge in [0.15, 0.2) is 5.78 Å². The second-order valence-electron chi connectivity index (χ2n) is 2.67. The number of nitriles is 1. The lowest BCUT2D eigenvalue weighted by atomic mass is 10.0. The Hall–Kier alpha value is -2.16. The van der Waals surface area contributed by atoms with Gasteiger partial charge in [0.25, 0.3) is 0 Å². The summed E-state index contributed by atoms with van der Waals surface area (Å²) in [4.78, 5) is 22.8. The molecular weight excluding hydrogens is 198 g/mol. The molecule has 0 aromatic carbocycles. The number of aromatic nitrogens is 2. The third kappa shape index (κ3) is 2.40. The molecule has 0 aliphatic heterocycles. The fourth-order valence-corrected chi connectivity index (χ4v) is 0.996. The van der Waals surface area contributed by atoms with Crippen molar-refractivity contribution in [1.29, 1.82) is 5.26 Å². The van der Waals surface area contributed by atoms with Gasteiger partial charge in [-0.2, -0.15) is 10.4 Å². The van der Waals surface area contributed by atoms with Gasteiger partial charge in [-0.05, 0) is 6.92 Å². The molecule has 6 nitrogen and oxygen atoms in total. The molecule has 1 rings (SSSR count). The highest BCUT2D eigenvalue weighted by Gasteiger charge is 2.29. The monoisotopic (exact) mass is 207 g/mol. The van der Waals surface area contributed by atoms with Crippen LogP contribution in [0.2, 0.25) is 0 Å². The second-order valence-corrected chi connectivity index (χ2v) is 2.67. The molecule has 1 aromatic heterocycles. The van der Waals surface area contributed by atoms with E-state index >= 15 is 0 Å². The first-order valence-electron chi connectivity index (χ1n) is 4.30. The zero-order valence-electron chi connectivity index (χ0n) is 8.06. The largest absolute Gasteiger partial charge is 0.465 e. The average Bonchev–Trinajstić information content (AvgIpc) is 2.71. The smallest absolute Gasteiger partial charge is 0.331 e. The fraction of sp³-hybridized carbons (Fsp3) is 0.333. The number of Topliss-reactive ketones (excluding diaryl/α,β-unsaturated/α-hetero) is 1. The van der Waals surface area contributed by atoms with Gasteiger partial charge in [-0.25, -0.2) is 0 Å². The predicted molar refractivity (Wildman–Crippen MR) is 48.7 cm³/mol. The summed E-state index contributed by atoms with van der Waals surface area (Å²) in [5, 5.41) is 14.7. The summed E-state index contributed by atoms with van der Waals surface area (Å²) in [5.74, 6) is -2.85. The summed E-state index contributed by atoms with van der Waals surface area (Å²) >= 11 is 0. The highest BCUT2D eigenvalue weighted by molar-refractivity contribution is 6.10. The highest BCUT2D eigenvalue weighted by atomic mass is 16.5. The Morgan fingerprint density at radius 1 is 1.73 bits per heavy atom. The van der Waals surface area contributed by atoms with Crippen molar-refractivity contribution in [2.75, 3.05) is 6.61 Å². The van der Waals surface area contributed by atoms with E-state index in [1.807, 2.05) is 0 Å². The van der Waals surface area contributed by atoms with Gasteiger partial charge in [-0.1, -0.05) is 0 Å². The Balaban J connectivity index is 2.81. The lowest BCUT2D eigenvalue weighted by molar-refractivity contribution is -0.144. The maximum atomic E-state index is 11.6. The molecule has 0 saturated heterocycles. The van der Waals surface area contributed by atoms with Crippen LogP contribution in [0.3, 0.4) is 0 Å². The number of carbonyl (C=O) groups is 2. The van der Waals surface area contributed by atoms with Crippen LogP contribution in [0.25, 0.3) is 0 Å². The van der Waals surface area contributed by atoms with E-state index in [9.17, 15) is 9.59 Å². The van der Waals surface area contributed by atoms with E-state index in [0.29, 0.717) is 0 Å². The third-order valence-electron chi connectivity index (χ3n) is 1.70. The van der Waals surface area contributed by atoms with Gasteiger partial charge >= 0.3 is 5.97 Å². The van der Waals surface area contributed by atoms with E-state index in [-0.39, 0.29) is 12.2 Å². The number of ether oxygens (including phenoxy) is 1. The van der Waals surface area contributed by atoms with Gasteiger partial charge in [-0.15, -0.1) is 0 Å². The minimum atomic E-state index is -1.41. The number of H-pyrrole nitrogens is 1. The first kappa shape index (κ1) is 10.9. The van der Waals surface area contributed by atoms with Gasteiger partial charge in [0.05, 0.1) is 24.4 Å². The topological polar surface area (TPSA) is 95.8 Å². The molecule has 0 aliphatic rings. The summed E-state index contributed by atoms with van der Waals surface area (Å²) in [6, 6.07) is 1.61. The molecule has 6 heteroatoms. The number of esters is 1. The Labute approximate surface area is 85.8 Å². The molecule has 78 valence electrons. The third-order valence-corrected chi connectivity index (χ3v) is 1.70. The van der Waals surface area contributed by atoms with Crippen molar-refractivity contribution in [1.82, 2.24) is 10.2 Å². The molecule has 1 atom stereocenters. The molecule has 0 radical (unpaired) electrons. The van der Waals surface area contributed by atoms with Gasteiger partial charge in [0, 0.05) is 6.20 Å². The summed E-state index contributed by atoms with van der Waals surface area (Å²) in [7, 11) is 0.